The first kappa shape index (κ1) is 19.4. The van der Waals surface area contributed by atoms with Crippen molar-refractivity contribution in [3.05, 3.63) is 72.6 Å². The molecule has 0 radical (unpaired) electrons. The molecule has 2 amide bonds. The number of carbonyl (C=O) groups excluding carboxylic acids is 1. The van der Waals surface area contributed by atoms with Gasteiger partial charge >= 0.3 is 6.03 Å². The summed E-state index contributed by atoms with van der Waals surface area (Å²) in [6.45, 7) is 3.48. The monoisotopic (exact) mass is 388 g/mol. The molecule has 150 valence electrons. The van der Waals surface area contributed by atoms with E-state index in [2.05, 4.69) is 46.5 Å². The number of rotatable bonds is 5. The lowest BCUT2D eigenvalue weighted by atomic mass is 9.97. The van der Waals surface area contributed by atoms with E-state index in [9.17, 15) is 4.79 Å². The Hall–Kier alpha value is -2.92. The zero-order chi connectivity index (χ0) is 20.1. The first-order valence-electron chi connectivity index (χ1n) is 10.3. The third-order valence-electron chi connectivity index (χ3n) is 5.58. The lowest BCUT2D eigenvalue weighted by Gasteiger charge is -2.34. The molecule has 1 fully saturated rings. The molecule has 3 aromatic rings. The maximum absolute atomic E-state index is 12.9. The van der Waals surface area contributed by atoms with E-state index in [1.54, 1.807) is 6.20 Å². The number of anilines is 1. The molecule has 1 aromatic heterocycles. The largest absolute Gasteiger partial charge is 0.324 e. The Kier molecular flexibility index (Phi) is 6.06. The van der Waals surface area contributed by atoms with E-state index >= 15 is 0 Å². The Morgan fingerprint density at radius 2 is 2.03 bits per heavy atom. The molecule has 0 saturated carbocycles. The average Bonchev–Trinajstić information content (AvgIpc) is 2.75. The van der Waals surface area contributed by atoms with Crippen LogP contribution in [0.15, 0.2) is 67.0 Å². The predicted octanol–water partition coefficient (Wildman–Crippen LogP) is 4.61. The summed E-state index contributed by atoms with van der Waals surface area (Å²) in [4.78, 5) is 21.4. The van der Waals surface area contributed by atoms with Crippen molar-refractivity contribution >= 4 is 22.5 Å². The standard InChI is InChI=1S/C24H28N4O/c1-27(16-19-7-5-13-25-15-19)17-20-8-6-14-28(18-20)24(29)26-23-12-4-10-21-9-2-3-11-22(21)23/h2-5,7,9-13,15,20H,6,8,14,16-18H2,1H3,(H,26,29)/t20-/m1/s1. The SMILES string of the molecule is CN(Cc1cccnc1)C[C@H]1CCCN(C(=O)Nc2cccc3ccccc23)C1. The molecule has 1 aliphatic heterocycles. The summed E-state index contributed by atoms with van der Waals surface area (Å²) in [6, 6.07) is 18.3. The van der Waals surface area contributed by atoms with Crippen LogP contribution < -0.4 is 5.32 Å². The summed E-state index contributed by atoms with van der Waals surface area (Å²) in [5, 5.41) is 5.35. The van der Waals surface area contributed by atoms with Crippen LogP contribution >= 0.6 is 0 Å². The molecule has 0 bridgehead atoms. The van der Waals surface area contributed by atoms with Crippen LogP contribution in [0.3, 0.4) is 0 Å². The van der Waals surface area contributed by atoms with Crippen molar-refractivity contribution in [3.63, 3.8) is 0 Å². The highest BCUT2D eigenvalue weighted by Gasteiger charge is 2.25. The fraction of sp³-hybridized carbons (Fsp3) is 0.333. The number of aromatic nitrogens is 1. The third kappa shape index (κ3) is 4.93. The number of hydrogen-bond donors (Lipinski definition) is 1. The van der Waals surface area contributed by atoms with Crippen LogP contribution in [0.5, 0.6) is 0 Å². The lowest BCUT2D eigenvalue weighted by molar-refractivity contribution is 0.154. The molecule has 2 heterocycles. The topological polar surface area (TPSA) is 48.5 Å². The second-order valence-electron chi connectivity index (χ2n) is 7.97. The number of carbonyl (C=O) groups is 1. The van der Waals surface area contributed by atoms with Crippen molar-refractivity contribution in [2.75, 3.05) is 32.0 Å². The van der Waals surface area contributed by atoms with Crippen LogP contribution in [-0.4, -0.2) is 47.5 Å². The highest BCUT2D eigenvalue weighted by molar-refractivity contribution is 6.01. The number of hydrogen-bond acceptors (Lipinski definition) is 3. The molecule has 1 N–H and O–H groups in total. The van der Waals surface area contributed by atoms with Crippen LogP contribution in [-0.2, 0) is 6.54 Å². The second-order valence-corrected chi connectivity index (χ2v) is 7.97. The van der Waals surface area contributed by atoms with Crippen LogP contribution in [0.1, 0.15) is 18.4 Å². The van der Waals surface area contributed by atoms with E-state index in [4.69, 9.17) is 0 Å². The van der Waals surface area contributed by atoms with Crippen molar-refractivity contribution in [2.24, 2.45) is 5.92 Å². The number of amides is 2. The van der Waals surface area contributed by atoms with E-state index in [1.807, 2.05) is 41.4 Å². The normalized spacial score (nSPS) is 16.9. The number of nitrogens with one attached hydrogen (secondary N) is 1. The van der Waals surface area contributed by atoms with E-state index in [0.717, 1.165) is 55.5 Å². The Balaban J connectivity index is 1.35. The van der Waals surface area contributed by atoms with Crippen LogP contribution in [0.25, 0.3) is 10.8 Å². The summed E-state index contributed by atoms with van der Waals surface area (Å²) < 4.78 is 0. The van der Waals surface area contributed by atoms with Crippen molar-refractivity contribution in [1.82, 2.24) is 14.8 Å². The van der Waals surface area contributed by atoms with Gasteiger partial charge in [-0.25, -0.2) is 4.79 Å². The highest BCUT2D eigenvalue weighted by Crippen LogP contribution is 2.24. The van der Waals surface area contributed by atoms with Gasteiger partial charge in [0.15, 0.2) is 0 Å². The summed E-state index contributed by atoms with van der Waals surface area (Å²) >= 11 is 0. The zero-order valence-electron chi connectivity index (χ0n) is 16.9. The summed E-state index contributed by atoms with van der Waals surface area (Å²) in [5.41, 5.74) is 2.10. The first-order chi connectivity index (χ1) is 14.2. The maximum atomic E-state index is 12.9. The van der Waals surface area contributed by atoms with Gasteiger partial charge in [0.1, 0.15) is 0 Å². The van der Waals surface area contributed by atoms with Gasteiger partial charge in [0.05, 0.1) is 5.69 Å². The molecule has 29 heavy (non-hydrogen) atoms. The second kappa shape index (κ2) is 9.05. The molecule has 2 aromatic carbocycles. The molecule has 1 saturated heterocycles. The van der Waals surface area contributed by atoms with Crippen LogP contribution in [0.2, 0.25) is 0 Å². The molecule has 1 atom stereocenters. The number of urea groups is 1. The molecule has 0 aliphatic carbocycles. The summed E-state index contributed by atoms with van der Waals surface area (Å²) in [7, 11) is 2.14. The fourth-order valence-electron chi connectivity index (χ4n) is 4.24. The fourth-order valence-corrected chi connectivity index (χ4v) is 4.24. The number of piperidine rings is 1. The number of likely N-dealkylation sites (tertiary alicyclic amines) is 1. The Labute approximate surface area is 172 Å². The highest BCUT2D eigenvalue weighted by atomic mass is 16.2. The Morgan fingerprint density at radius 3 is 2.90 bits per heavy atom. The average molecular weight is 389 g/mol. The maximum Gasteiger partial charge on any atom is 0.321 e. The van der Waals surface area contributed by atoms with Crippen molar-refractivity contribution in [1.29, 1.82) is 0 Å². The minimum atomic E-state index is 0.000894. The van der Waals surface area contributed by atoms with Gasteiger partial charge in [0.25, 0.3) is 0 Å². The molecular formula is C24H28N4O. The van der Waals surface area contributed by atoms with Crippen molar-refractivity contribution in [3.8, 4) is 0 Å². The smallest absolute Gasteiger partial charge is 0.321 e. The zero-order valence-corrected chi connectivity index (χ0v) is 16.9. The van der Waals surface area contributed by atoms with Gasteiger partial charge in [-0.15, -0.1) is 0 Å². The minimum absolute atomic E-state index is 0.000894. The summed E-state index contributed by atoms with van der Waals surface area (Å²) in [6.07, 6.45) is 5.93. The van der Waals surface area contributed by atoms with Gasteiger partial charge in [0.2, 0.25) is 0 Å². The van der Waals surface area contributed by atoms with Crippen molar-refractivity contribution < 1.29 is 4.79 Å². The van der Waals surface area contributed by atoms with Gasteiger partial charge in [0, 0.05) is 44.0 Å². The number of benzene rings is 2. The number of fused-ring (bicyclic) bond motifs is 1. The molecule has 0 spiro atoms. The van der Waals surface area contributed by atoms with Gasteiger partial charge < -0.3 is 15.1 Å². The predicted molar refractivity (Wildman–Crippen MR) is 118 cm³/mol. The molecule has 0 unspecified atom stereocenters. The third-order valence-corrected chi connectivity index (χ3v) is 5.58. The summed E-state index contributed by atoms with van der Waals surface area (Å²) in [5.74, 6) is 0.490. The quantitative estimate of drug-likeness (QED) is 0.694. The number of pyridine rings is 1. The van der Waals surface area contributed by atoms with Crippen molar-refractivity contribution in [2.45, 2.75) is 19.4 Å². The Bertz CT molecular complexity index is 954. The first-order valence-corrected chi connectivity index (χ1v) is 10.3. The van der Waals surface area contributed by atoms with Gasteiger partial charge in [-0.05, 0) is 48.9 Å². The van der Waals surface area contributed by atoms with Crippen LogP contribution in [0.4, 0.5) is 10.5 Å². The van der Waals surface area contributed by atoms with Crippen LogP contribution in [0, 0.1) is 5.92 Å². The van der Waals surface area contributed by atoms with E-state index in [-0.39, 0.29) is 6.03 Å². The number of nitrogens with zero attached hydrogens (tertiary/aromatic N) is 3. The molecular weight excluding hydrogens is 360 g/mol. The molecule has 4 rings (SSSR count). The molecule has 5 heteroatoms. The minimum Gasteiger partial charge on any atom is -0.324 e. The van der Waals surface area contributed by atoms with E-state index < -0.39 is 0 Å². The molecule has 5 nitrogen and oxygen atoms in total. The van der Waals surface area contributed by atoms with E-state index in [0.29, 0.717) is 5.92 Å². The van der Waals surface area contributed by atoms with Gasteiger partial charge in [-0.3, -0.25) is 4.98 Å². The molecule has 1 aliphatic rings. The Morgan fingerprint density at radius 1 is 1.17 bits per heavy atom. The van der Waals surface area contributed by atoms with Gasteiger partial charge in [-0.2, -0.15) is 0 Å². The lowest BCUT2D eigenvalue weighted by Crippen LogP contribution is -2.44. The van der Waals surface area contributed by atoms with E-state index in [1.165, 1.54) is 5.56 Å². The van der Waals surface area contributed by atoms with Gasteiger partial charge in [-0.1, -0.05) is 42.5 Å².